The Labute approximate surface area is 128 Å². The van der Waals surface area contributed by atoms with Gasteiger partial charge in [-0.15, -0.1) is 11.3 Å². The predicted octanol–water partition coefficient (Wildman–Crippen LogP) is 3.66. The van der Waals surface area contributed by atoms with Gasteiger partial charge in [-0.3, -0.25) is 4.79 Å². The number of thiazole rings is 1. The van der Waals surface area contributed by atoms with Crippen molar-refractivity contribution >= 4 is 17.2 Å². The Kier molecular flexibility index (Phi) is 4.73. The molecule has 0 saturated carbocycles. The van der Waals surface area contributed by atoms with E-state index >= 15 is 0 Å². The molecule has 5 heteroatoms. The van der Waals surface area contributed by atoms with Gasteiger partial charge < -0.3 is 4.90 Å². The summed E-state index contributed by atoms with van der Waals surface area (Å²) in [4.78, 5) is 19.5. The van der Waals surface area contributed by atoms with Crippen molar-refractivity contribution in [2.45, 2.75) is 33.2 Å². The van der Waals surface area contributed by atoms with Crippen LogP contribution in [0.3, 0.4) is 0 Å². The number of aryl methyl sites for hydroxylation is 2. The summed E-state index contributed by atoms with van der Waals surface area (Å²) in [6.45, 7) is 5.91. The first-order valence-electron chi connectivity index (χ1n) is 6.82. The van der Waals surface area contributed by atoms with Crippen molar-refractivity contribution in [2.24, 2.45) is 0 Å². The van der Waals surface area contributed by atoms with Crippen molar-refractivity contribution in [3.8, 4) is 0 Å². The molecule has 0 N–H and O–H groups in total. The minimum absolute atomic E-state index is 0.0291. The first-order valence-corrected chi connectivity index (χ1v) is 7.64. The summed E-state index contributed by atoms with van der Waals surface area (Å²) in [5, 5.41) is 1.00. The van der Waals surface area contributed by atoms with E-state index in [9.17, 15) is 9.18 Å². The van der Waals surface area contributed by atoms with Gasteiger partial charge in [0.25, 0.3) is 0 Å². The molecule has 2 rings (SSSR count). The number of nitrogens with zero attached hydrogens (tertiary/aromatic N) is 2. The predicted molar refractivity (Wildman–Crippen MR) is 82.9 cm³/mol. The van der Waals surface area contributed by atoms with E-state index in [-0.39, 0.29) is 24.2 Å². The highest BCUT2D eigenvalue weighted by molar-refractivity contribution is 7.11. The topological polar surface area (TPSA) is 33.2 Å². The Balaban J connectivity index is 2.10. The van der Waals surface area contributed by atoms with E-state index in [1.807, 2.05) is 20.8 Å². The molecule has 1 amide bonds. The summed E-state index contributed by atoms with van der Waals surface area (Å²) >= 11 is 1.61. The third kappa shape index (κ3) is 3.67. The van der Waals surface area contributed by atoms with Crippen molar-refractivity contribution in [3.05, 3.63) is 51.2 Å². The number of hydrogen-bond donors (Lipinski definition) is 0. The molecular weight excluding hydrogens is 287 g/mol. The second kappa shape index (κ2) is 6.35. The molecule has 0 bridgehead atoms. The van der Waals surface area contributed by atoms with Gasteiger partial charge in [0.05, 0.1) is 23.2 Å². The first kappa shape index (κ1) is 15.6. The molecule has 21 heavy (non-hydrogen) atoms. The third-order valence-corrected chi connectivity index (χ3v) is 4.78. The maximum atomic E-state index is 13.2. The molecule has 0 saturated heterocycles. The maximum absolute atomic E-state index is 13.2. The van der Waals surface area contributed by atoms with Crippen molar-refractivity contribution in [3.63, 3.8) is 0 Å². The summed E-state index contributed by atoms with van der Waals surface area (Å²) in [5.41, 5.74) is 1.66. The van der Waals surface area contributed by atoms with Crippen LogP contribution in [0, 0.1) is 19.7 Å². The number of carbonyl (C=O) groups is 1. The second-order valence-electron chi connectivity index (χ2n) is 5.17. The average Bonchev–Trinajstić information content (AvgIpc) is 2.76. The number of carbonyl (C=O) groups excluding carboxylic acids is 1. The van der Waals surface area contributed by atoms with Crippen LogP contribution in [-0.2, 0) is 11.2 Å². The summed E-state index contributed by atoms with van der Waals surface area (Å²) in [6, 6.07) is 6.14. The molecule has 1 aromatic carbocycles. The molecule has 1 atom stereocenters. The number of benzene rings is 1. The average molecular weight is 306 g/mol. The normalized spacial score (nSPS) is 12.2. The van der Waals surface area contributed by atoms with Crippen LogP contribution in [0.25, 0.3) is 0 Å². The van der Waals surface area contributed by atoms with Crippen molar-refractivity contribution in [2.75, 3.05) is 7.05 Å². The molecule has 1 heterocycles. The smallest absolute Gasteiger partial charge is 0.227 e. The van der Waals surface area contributed by atoms with Crippen LogP contribution in [0.1, 0.15) is 34.1 Å². The monoisotopic (exact) mass is 306 g/mol. The number of amides is 1. The van der Waals surface area contributed by atoms with Crippen molar-refractivity contribution in [1.82, 2.24) is 9.88 Å². The molecule has 0 spiro atoms. The highest BCUT2D eigenvalue weighted by Gasteiger charge is 2.21. The lowest BCUT2D eigenvalue weighted by Gasteiger charge is -2.24. The fourth-order valence-corrected chi connectivity index (χ4v) is 3.30. The summed E-state index contributed by atoms with van der Waals surface area (Å²) < 4.78 is 13.2. The van der Waals surface area contributed by atoms with E-state index in [1.165, 1.54) is 12.1 Å². The summed E-state index contributed by atoms with van der Waals surface area (Å²) in [7, 11) is 1.78. The Bertz CT molecular complexity index is 653. The van der Waals surface area contributed by atoms with Crippen molar-refractivity contribution < 1.29 is 9.18 Å². The van der Waals surface area contributed by atoms with Crippen LogP contribution < -0.4 is 0 Å². The molecule has 0 aliphatic rings. The van der Waals surface area contributed by atoms with E-state index in [0.717, 1.165) is 15.6 Å². The van der Waals surface area contributed by atoms with E-state index in [2.05, 4.69) is 4.98 Å². The van der Waals surface area contributed by atoms with Gasteiger partial charge >= 0.3 is 0 Å². The summed E-state index contributed by atoms with van der Waals surface area (Å²) in [6.07, 6.45) is 0.204. The zero-order valence-electron chi connectivity index (χ0n) is 12.7. The van der Waals surface area contributed by atoms with Gasteiger partial charge in [-0.05, 0) is 38.5 Å². The molecule has 1 aromatic heterocycles. The molecule has 2 aromatic rings. The molecule has 0 fully saturated rings. The molecular formula is C16H19FN2OS. The van der Waals surface area contributed by atoms with Gasteiger partial charge in [0, 0.05) is 11.9 Å². The lowest BCUT2D eigenvalue weighted by atomic mass is 10.1. The highest BCUT2D eigenvalue weighted by Crippen LogP contribution is 2.28. The maximum Gasteiger partial charge on any atom is 0.227 e. The zero-order chi connectivity index (χ0) is 15.6. The van der Waals surface area contributed by atoms with Crippen LogP contribution in [0.2, 0.25) is 0 Å². The second-order valence-corrected chi connectivity index (χ2v) is 6.40. The molecule has 0 radical (unpaired) electrons. The zero-order valence-corrected chi connectivity index (χ0v) is 13.5. The molecule has 0 unspecified atom stereocenters. The lowest BCUT2D eigenvalue weighted by Crippen LogP contribution is -2.30. The number of halogens is 1. The Morgan fingerprint density at radius 1 is 1.43 bits per heavy atom. The molecule has 112 valence electrons. The van der Waals surface area contributed by atoms with Gasteiger partial charge in [0.15, 0.2) is 0 Å². The summed E-state index contributed by atoms with van der Waals surface area (Å²) in [5.74, 6) is -0.344. The van der Waals surface area contributed by atoms with Gasteiger partial charge in [-0.2, -0.15) is 0 Å². The fourth-order valence-electron chi connectivity index (χ4n) is 2.27. The van der Waals surface area contributed by atoms with Crippen LogP contribution >= 0.6 is 11.3 Å². The number of likely N-dealkylation sites (N-methyl/N-ethyl adjacent to an activating group) is 1. The van der Waals surface area contributed by atoms with Gasteiger partial charge in [-0.25, -0.2) is 9.37 Å². The minimum Gasteiger partial charge on any atom is -0.338 e. The first-order chi connectivity index (χ1) is 9.88. The lowest BCUT2D eigenvalue weighted by molar-refractivity contribution is -0.131. The standard InChI is InChI=1S/C16H19FN2OS/c1-10-16(21-12(3)18-10)11(2)19(4)15(20)9-13-6-5-7-14(17)8-13/h5-8,11H,9H2,1-4H3/t11-/m0/s1. The van der Waals surface area contributed by atoms with Crippen LogP contribution in [0.5, 0.6) is 0 Å². The van der Waals surface area contributed by atoms with E-state index < -0.39 is 0 Å². The van der Waals surface area contributed by atoms with Gasteiger partial charge in [-0.1, -0.05) is 12.1 Å². The van der Waals surface area contributed by atoms with Gasteiger partial charge in [0.1, 0.15) is 5.82 Å². The molecule has 3 nitrogen and oxygen atoms in total. The third-order valence-electron chi connectivity index (χ3n) is 3.54. The molecule has 0 aliphatic carbocycles. The Morgan fingerprint density at radius 3 is 2.71 bits per heavy atom. The fraction of sp³-hybridized carbons (Fsp3) is 0.375. The van der Waals surface area contributed by atoms with Crippen LogP contribution in [-0.4, -0.2) is 22.8 Å². The SMILES string of the molecule is Cc1nc(C)c([C@H](C)N(C)C(=O)Cc2cccc(F)c2)s1. The van der Waals surface area contributed by atoms with E-state index in [1.54, 1.807) is 35.4 Å². The van der Waals surface area contributed by atoms with Crippen LogP contribution in [0.15, 0.2) is 24.3 Å². The highest BCUT2D eigenvalue weighted by atomic mass is 32.1. The Hall–Kier alpha value is -1.75. The quantitative estimate of drug-likeness (QED) is 0.863. The van der Waals surface area contributed by atoms with E-state index in [0.29, 0.717) is 5.56 Å². The van der Waals surface area contributed by atoms with Crippen LogP contribution in [0.4, 0.5) is 4.39 Å². The van der Waals surface area contributed by atoms with Crippen molar-refractivity contribution in [1.29, 1.82) is 0 Å². The number of rotatable bonds is 4. The number of hydrogen-bond acceptors (Lipinski definition) is 3. The minimum atomic E-state index is -0.315. The number of aromatic nitrogens is 1. The van der Waals surface area contributed by atoms with Gasteiger partial charge in [0.2, 0.25) is 5.91 Å². The molecule has 0 aliphatic heterocycles. The Morgan fingerprint density at radius 2 is 2.14 bits per heavy atom. The largest absolute Gasteiger partial charge is 0.338 e. The van der Waals surface area contributed by atoms with E-state index in [4.69, 9.17) is 0 Å².